The first-order valence-electron chi connectivity index (χ1n) is 10.4. The zero-order valence-electron chi connectivity index (χ0n) is 17.6. The Morgan fingerprint density at radius 1 is 0.533 bits per heavy atom. The normalized spacial score (nSPS) is 12.8. The first-order chi connectivity index (χ1) is 14.6. The average Bonchev–Trinajstić information content (AvgIpc) is 2.82. The molecule has 4 rings (SSSR count). The summed E-state index contributed by atoms with van der Waals surface area (Å²) >= 11 is 2.67. The second-order valence-corrected chi connectivity index (χ2v) is 15.3. The van der Waals surface area contributed by atoms with E-state index < -0.39 is 6.60 Å². The third-order valence-corrected chi connectivity index (χ3v) is 17.2. The third kappa shape index (κ3) is 3.33. The Kier molecular flexibility index (Phi) is 6.14. The molecule has 2 heteroatoms. The zero-order valence-corrected chi connectivity index (χ0v) is 20.7. The van der Waals surface area contributed by atoms with Crippen LogP contribution in [0.5, 0.6) is 0 Å². The van der Waals surface area contributed by atoms with E-state index in [1.165, 1.54) is 32.6 Å². The molecular weight excluding hydrogens is 494 g/mol. The van der Waals surface area contributed by atoms with Crippen molar-refractivity contribution in [3.63, 3.8) is 0 Å². The van der Waals surface area contributed by atoms with E-state index in [2.05, 4.69) is 146 Å². The Hall–Kier alpha value is -1.96. The molecule has 0 unspecified atom stereocenters. The number of benzene rings is 4. The van der Waals surface area contributed by atoms with Gasteiger partial charge in [-0.15, -0.1) is 0 Å². The molecule has 0 saturated carbocycles. The van der Waals surface area contributed by atoms with E-state index in [0.717, 1.165) is 10.3 Å². The van der Waals surface area contributed by atoms with Crippen molar-refractivity contribution in [2.45, 2.75) is 20.0 Å². The van der Waals surface area contributed by atoms with Gasteiger partial charge >= 0.3 is 195 Å². The van der Waals surface area contributed by atoms with Gasteiger partial charge in [0, 0.05) is 0 Å². The molecule has 0 bridgehead atoms. The van der Waals surface area contributed by atoms with Crippen LogP contribution < -0.4 is 15.9 Å². The number of alkyl halides is 1. The predicted octanol–water partition coefficient (Wildman–Crippen LogP) is 6.73. The minimum atomic E-state index is -2.78. The van der Waals surface area contributed by atoms with Crippen molar-refractivity contribution in [2.75, 3.05) is 4.17 Å². The summed E-state index contributed by atoms with van der Waals surface area (Å²) in [5.41, 5.74) is 4.26. The first-order valence-corrected chi connectivity index (χ1v) is 14.5. The van der Waals surface area contributed by atoms with Crippen molar-refractivity contribution in [2.24, 2.45) is 0 Å². The fraction of sp³-hybridized carbons (Fsp3) is 0.143. The topological polar surface area (TPSA) is 0 Å². The van der Waals surface area contributed by atoms with Crippen LogP contribution in [0.15, 0.2) is 109 Å². The summed E-state index contributed by atoms with van der Waals surface area (Å²) in [4.78, 5) is 0. The average molecular weight is 522 g/mol. The Labute approximate surface area is 194 Å². The van der Waals surface area contributed by atoms with E-state index in [4.69, 9.17) is 0 Å². The van der Waals surface area contributed by atoms with E-state index in [-0.39, 0.29) is 0 Å². The summed E-state index contributed by atoms with van der Waals surface area (Å²) in [7, 11) is 0. The molecule has 0 nitrogen and oxygen atoms in total. The van der Waals surface area contributed by atoms with Crippen molar-refractivity contribution in [3.8, 4) is 0 Å². The molecule has 0 radical (unpaired) electrons. The molecule has 0 fully saturated rings. The molecule has 0 spiro atoms. The third-order valence-electron chi connectivity index (χ3n) is 6.55. The first kappa shape index (κ1) is 21.3. The molecule has 0 amide bonds. The van der Waals surface area contributed by atoms with Crippen molar-refractivity contribution >= 4 is 45.1 Å². The molecule has 0 saturated heterocycles. The Morgan fingerprint density at radius 2 is 0.900 bits per heavy atom. The van der Waals surface area contributed by atoms with Crippen LogP contribution in [-0.4, -0.2) is 4.17 Å². The summed E-state index contributed by atoms with van der Waals surface area (Å²) in [6.07, 6.45) is 1.05. The van der Waals surface area contributed by atoms with E-state index in [1.807, 2.05) is 0 Å². The van der Waals surface area contributed by atoms with E-state index in [9.17, 15) is 0 Å². The van der Waals surface area contributed by atoms with Crippen LogP contribution in [0.4, 0.5) is 0 Å². The van der Waals surface area contributed by atoms with Gasteiger partial charge in [-0.05, 0) is 0 Å². The predicted molar refractivity (Wildman–Crippen MR) is 144 cm³/mol. The van der Waals surface area contributed by atoms with Gasteiger partial charge in [0.25, 0.3) is 0 Å². The molecule has 152 valence electrons. The quantitative estimate of drug-likeness (QED) is 0.150. The molecule has 0 heterocycles. The fourth-order valence-corrected chi connectivity index (χ4v) is 14.9. The monoisotopic (exact) mass is 522 g/mol. The van der Waals surface area contributed by atoms with Gasteiger partial charge < -0.3 is 0 Å². The van der Waals surface area contributed by atoms with Gasteiger partial charge in [-0.1, -0.05) is 0 Å². The van der Waals surface area contributed by atoms with E-state index >= 15 is 0 Å². The number of hydrogen-bond acceptors (Lipinski definition) is 0. The van der Waals surface area contributed by atoms with Crippen LogP contribution >= 0.6 is 29.2 Å². The number of hydrogen-bond donors (Lipinski definition) is 0. The van der Waals surface area contributed by atoms with Crippen molar-refractivity contribution in [1.29, 1.82) is 0 Å². The molecule has 0 aliphatic rings. The second-order valence-electron chi connectivity index (χ2n) is 8.16. The van der Waals surface area contributed by atoms with Gasteiger partial charge in [0.2, 0.25) is 0 Å². The summed E-state index contributed by atoms with van der Waals surface area (Å²) < 4.78 is 1.06. The summed E-state index contributed by atoms with van der Waals surface area (Å²) in [6, 6.07) is 40.6. The van der Waals surface area contributed by atoms with Gasteiger partial charge in [-0.3, -0.25) is 0 Å². The van der Waals surface area contributed by atoms with Gasteiger partial charge in [0.15, 0.2) is 0 Å². The number of aryl methyl sites for hydroxylation is 2. The molecule has 0 N–H and O–H groups in total. The van der Waals surface area contributed by atoms with Crippen LogP contribution in [0, 0.1) is 13.8 Å². The van der Waals surface area contributed by atoms with Gasteiger partial charge in [-0.2, -0.15) is 0 Å². The maximum absolute atomic E-state index is 2.78. The van der Waals surface area contributed by atoms with Gasteiger partial charge in [0.1, 0.15) is 0 Å². The molecule has 0 aromatic heterocycles. The van der Waals surface area contributed by atoms with Crippen LogP contribution in [-0.2, 0) is 6.16 Å². The van der Waals surface area contributed by atoms with Crippen LogP contribution in [0.2, 0.25) is 0 Å². The molecule has 0 atom stereocenters. The SMILES string of the molecule is Cc1cccc(C)c1CP(CI)(c1ccccc1)(c1ccccc1)c1ccccc1. The molecule has 4 aromatic carbocycles. The molecule has 0 aliphatic heterocycles. The van der Waals surface area contributed by atoms with Crippen LogP contribution in [0.25, 0.3) is 0 Å². The van der Waals surface area contributed by atoms with E-state index in [1.54, 1.807) is 0 Å². The standard InChI is InChI=1S/C28H28IP/c1-23-13-12-14-24(2)28(23)21-30(22-29,25-15-6-3-7-16-25,26-17-8-4-9-18-26)27-19-10-5-11-20-27/h3-20H,21-22H2,1-2H3. The molecule has 4 aromatic rings. The van der Waals surface area contributed by atoms with Crippen molar-refractivity contribution in [3.05, 3.63) is 126 Å². The Morgan fingerprint density at radius 3 is 1.23 bits per heavy atom. The summed E-state index contributed by atoms with van der Waals surface area (Å²) in [5, 5.41) is 4.41. The molecule has 0 aliphatic carbocycles. The van der Waals surface area contributed by atoms with E-state index in [0.29, 0.717) is 0 Å². The summed E-state index contributed by atoms with van der Waals surface area (Å²) in [6.45, 7) is 1.75. The van der Waals surface area contributed by atoms with Crippen molar-refractivity contribution in [1.82, 2.24) is 0 Å². The molecular formula is C28H28IP. The van der Waals surface area contributed by atoms with Gasteiger partial charge in [0.05, 0.1) is 0 Å². The number of halogens is 1. The minimum absolute atomic E-state index is 1.05. The maximum atomic E-state index is 2.67. The second kappa shape index (κ2) is 8.65. The Balaban J connectivity index is 2.18. The zero-order chi connectivity index (χ0) is 21.1. The Bertz CT molecular complexity index is 1000. The molecule has 30 heavy (non-hydrogen) atoms. The number of rotatable bonds is 6. The fourth-order valence-electron chi connectivity index (χ4n) is 4.78. The van der Waals surface area contributed by atoms with Crippen LogP contribution in [0.3, 0.4) is 0 Å². The van der Waals surface area contributed by atoms with Gasteiger partial charge in [-0.25, -0.2) is 0 Å². The van der Waals surface area contributed by atoms with Crippen LogP contribution in [0.1, 0.15) is 16.7 Å². The summed E-state index contributed by atoms with van der Waals surface area (Å²) in [5.74, 6) is 0. The van der Waals surface area contributed by atoms with Crippen molar-refractivity contribution < 1.29 is 0 Å².